The first-order valence-corrected chi connectivity index (χ1v) is 3.06. The SMILES string of the molecule is [Al][CH2]C=C(Cl)Cl. The Kier molecular flexibility index (Phi) is 4.59. The molecule has 0 N–H and O–H groups in total. The summed E-state index contributed by atoms with van der Waals surface area (Å²) in [7, 11) is 0. The second kappa shape index (κ2) is 4.02. The highest BCUT2D eigenvalue weighted by atomic mass is 35.5. The lowest BCUT2D eigenvalue weighted by Crippen LogP contribution is -1.55. The van der Waals surface area contributed by atoms with Crippen LogP contribution in [0.4, 0.5) is 0 Å². The Morgan fingerprint density at radius 3 is 2.17 bits per heavy atom. The summed E-state index contributed by atoms with van der Waals surface area (Å²) in [6.45, 7) is 0. The molecule has 0 aromatic carbocycles. The van der Waals surface area contributed by atoms with Crippen molar-refractivity contribution in [1.82, 2.24) is 0 Å². The topological polar surface area (TPSA) is 0 Å². The van der Waals surface area contributed by atoms with Crippen LogP contribution in [0.15, 0.2) is 10.6 Å². The zero-order valence-corrected chi connectivity index (χ0v) is 5.78. The Balaban J connectivity index is 3.14. The van der Waals surface area contributed by atoms with Crippen molar-refractivity contribution in [2.75, 3.05) is 0 Å². The highest BCUT2D eigenvalue weighted by Gasteiger charge is 1.73. The fourth-order valence-corrected chi connectivity index (χ4v) is 0.802. The zero-order valence-electron chi connectivity index (χ0n) is 3.12. The molecule has 0 spiro atoms. The van der Waals surface area contributed by atoms with Gasteiger partial charge in [0.25, 0.3) is 0 Å². The summed E-state index contributed by atoms with van der Waals surface area (Å²) in [6.07, 6.45) is 1.70. The normalized spacial score (nSPS) is 7.67. The molecule has 0 heterocycles. The minimum Gasteiger partial charge on any atom is -0.0987 e. The van der Waals surface area contributed by atoms with Crippen LogP contribution in [-0.2, 0) is 0 Å². The molecule has 2 radical (unpaired) electrons. The second-order valence-corrected chi connectivity index (χ2v) is 2.21. The Hall–Kier alpha value is 0.852. The highest BCUT2D eigenvalue weighted by Crippen LogP contribution is 2.05. The molecule has 0 saturated carbocycles. The summed E-state index contributed by atoms with van der Waals surface area (Å²) < 4.78 is 0.338. The molecule has 3 heteroatoms. The van der Waals surface area contributed by atoms with Crippen LogP contribution in [0.3, 0.4) is 0 Å². The van der Waals surface area contributed by atoms with E-state index in [-0.39, 0.29) is 0 Å². The summed E-state index contributed by atoms with van der Waals surface area (Å²) in [5, 5.41) is 0.822. The lowest BCUT2D eigenvalue weighted by molar-refractivity contribution is 1.73. The molecule has 0 aliphatic rings. The number of allylic oxidation sites excluding steroid dienone is 1. The smallest absolute Gasteiger partial charge is 0.0987 e. The lowest BCUT2D eigenvalue weighted by atomic mass is 10.8. The Labute approximate surface area is 55.5 Å². The van der Waals surface area contributed by atoms with E-state index in [1.807, 2.05) is 0 Å². The predicted molar refractivity (Wildman–Crippen MR) is 30.3 cm³/mol. The molecule has 0 aliphatic carbocycles. The quantitative estimate of drug-likeness (QED) is 0.484. The first-order chi connectivity index (χ1) is 2.77. The molecule has 0 nitrogen and oxygen atoms in total. The largest absolute Gasteiger partial charge is 0.125 e. The van der Waals surface area contributed by atoms with E-state index in [4.69, 9.17) is 23.2 Å². The fourth-order valence-electron chi connectivity index (χ4n) is 0.0891. The monoisotopic (exact) mass is 136 g/mol. The molecule has 0 saturated heterocycles. The standard InChI is InChI=1S/C3H3Cl2.Al/c1-2-3(4)5;/h2H,1H2;. The van der Waals surface area contributed by atoms with Crippen molar-refractivity contribution in [3.63, 3.8) is 0 Å². The number of hydrogen-bond acceptors (Lipinski definition) is 0. The summed E-state index contributed by atoms with van der Waals surface area (Å²) >= 11 is 12.9. The molecular weight excluding hydrogens is 134 g/mol. The second-order valence-electron chi connectivity index (χ2n) is 0.729. The summed E-state index contributed by atoms with van der Waals surface area (Å²) in [5.74, 6) is 0. The van der Waals surface area contributed by atoms with Crippen molar-refractivity contribution in [3.8, 4) is 0 Å². The van der Waals surface area contributed by atoms with Crippen LogP contribution in [0.5, 0.6) is 0 Å². The van der Waals surface area contributed by atoms with E-state index < -0.39 is 0 Å². The van der Waals surface area contributed by atoms with Crippen LogP contribution >= 0.6 is 23.2 Å². The van der Waals surface area contributed by atoms with Crippen LogP contribution in [0.25, 0.3) is 0 Å². The molecule has 32 valence electrons. The van der Waals surface area contributed by atoms with Gasteiger partial charge in [-0.3, -0.25) is 0 Å². The van der Waals surface area contributed by atoms with Crippen LogP contribution < -0.4 is 0 Å². The lowest BCUT2D eigenvalue weighted by Gasteiger charge is -1.74. The molecular formula is C3H3AlCl2. The summed E-state index contributed by atoms with van der Waals surface area (Å²) in [5.41, 5.74) is 0. The van der Waals surface area contributed by atoms with E-state index in [1.165, 1.54) is 0 Å². The molecule has 0 aliphatic heterocycles. The molecule has 0 bridgehead atoms. The first kappa shape index (κ1) is 6.85. The van der Waals surface area contributed by atoms with Crippen molar-refractivity contribution >= 4 is 39.5 Å². The van der Waals surface area contributed by atoms with Gasteiger partial charge in [-0.05, 0) is 0 Å². The van der Waals surface area contributed by atoms with Crippen molar-refractivity contribution in [2.24, 2.45) is 0 Å². The third kappa shape index (κ3) is 4.85. The number of rotatable bonds is 1. The van der Waals surface area contributed by atoms with Crippen LogP contribution in [0, 0.1) is 0 Å². The van der Waals surface area contributed by atoms with Gasteiger partial charge in [-0.15, -0.1) is 0 Å². The third-order valence-electron chi connectivity index (χ3n) is 0.272. The van der Waals surface area contributed by atoms with E-state index >= 15 is 0 Å². The Morgan fingerprint density at radius 2 is 2.17 bits per heavy atom. The molecule has 0 rings (SSSR count). The number of hydrogen-bond donors (Lipinski definition) is 0. The zero-order chi connectivity index (χ0) is 4.99. The Morgan fingerprint density at radius 1 is 1.67 bits per heavy atom. The first-order valence-electron chi connectivity index (χ1n) is 1.48. The maximum absolute atomic E-state index is 5.19. The van der Waals surface area contributed by atoms with Gasteiger partial charge in [0.15, 0.2) is 0 Å². The maximum Gasteiger partial charge on any atom is 0.125 e. The average Bonchev–Trinajstić information content (AvgIpc) is 1.35. The predicted octanol–water partition coefficient (Wildman–Crippen LogP) is 1.89. The molecule has 0 atom stereocenters. The molecule has 0 aromatic heterocycles. The van der Waals surface area contributed by atoms with Gasteiger partial charge in [0.1, 0.15) is 20.8 Å². The van der Waals surface area contributed by atoms with Gasteiger partial charge in [-0.25, -0.2) is 0 Å². The summed E-state index contributed by atoms with van der Waals surface area (Å²) in [4.78, 5) is 0. The van der Waals surface area contributed by atoms with E-state index in [1.54, 1.807) is 6.08 Å². The van der Waals surface area contributed by atoms with Crippen molar-refractivity contribution in [3.05, 3.63) is 10.6 Å². The van der Waals surface area contributed by atoms with Crippen molar-refractivity contribution in [1.29, 1.82) is 0 Å². The molecule has 0 amide bonds. The van der Waals surface area contributed by atoms with Gasteiger partial charge in [0.05, 0.1) is 0 Å². The van der Waals surface area contributed by atoms with Crippen molar-refractivity contribution < 1.29 is 0 Å². The minimum absolute atomic E-state index is 0.338. The van der Waals surface area contributed by atoms with Gasteiger partial charge in [-0.2, -0.15) is 0 Å². The number of halogens is 2. The molecule has 0 aromatic rings. The summed E-state index contributed by atoms with van der Waals surface area (Å²) in [6, 6.07) is 0. The van der Waals surface area contributed by atoms with Crippen molar-refractivity contribution in [2.45, 2.75) is 5.28 Å². The van der Waals surface area contributed by atoms with E-state index in [0.717, 1.165) is 5.28 Å². The van der Waals surface area contributed by atoms with E-state index in [9.17, 15) is 0 Å². The van der Waals surface area contributed by atoms with E-state index in [2.05, 4.69) is 16.3 Å². The third-order valence-corrected chi connectivity index (χ3v) is 0.816. The molecule has 0 fully saturated rings. The minimum atomic E-state index is 0.338. The average molecular weight is 137 g/mol. The van der Waals surface area contributed by atoms with Gasteiger partial charge in [0, 0.05) is 0 Å². The highest BCUT2D eigenvalue weighted by molar-refractivity contribution is 6.56. The maximum atomic E-state index is 5.19. The molecule has 0 unspecified atom stereocenters. The van der Waals surface area contributed by atoms with Crippen LogP contribution in [0.1, 0.15) is 0 Å². The van der Waals surface area contributed by atoms with Gasteiger partial charge >= 0.3 is 0 Å². The Bertz CT molecular complexity index is 55.8. The molecule has 6 heavy (non-hydrogen) atoms. The fraction of sp³-hybridized carbons (Fsp3) is 0.333. The van der Waals surface area contributed by atoms with Gasteiger partial charge in [-0.1, -0.05) is 34.6 Å². The van der Waals surface area contributed by atoms with Crippen LogP contribution in [-0.4, -0.2) is 16.3 Å². The van der Waals surface area contributed by atoms with Gasteiger partial charge < -0.3 is 0 Å². The van der Waals surface area contributed by atoms with Crippen LogP contribution in [0.2, 0.25) is 5.28 Å². The van der Waals surface area contributed by atoms with Gasteiger partial charge in [0.2, 0.25) is 0 Å². The van der Waals surface area contributed by atoms with E-state index in [0.29, 0.717) is 4.49 Å².